The molecule has 18 heteroatoms. The summed E-state index contributed by atoms with van der Waals surface area (Å²) in [6, 6.07) is 1.96. The van der Waals surface area contributed by atoms with E-state index in [0.29, 0.717) is 58.9 Å². The minimum Gasteiger partial charge on any atom is -0.370 e. The maximum Gasteiger partial charge on any atom is 0.265 e. The van der Waals surface area contributed by atoms with Gasteiger partial charge < -0.3 is 15.1 Å². The van der Waals surface area contributed by atoms with Gasteiger partial charge in [-0.25, -0.2) is 18.7 Å². The average molecular weight is 845 g/mol. The average Bonchev–Trinajstić information content (AvgIpc) is 3.90. The van der Waals surface area contributed by atoms with Crippen LogP contribution in [0.5, 0.6) is 0 Å². The summed E-state index contributed by atoms with van der Waals surface area (Å²) >= 11 is 0. The summed E-state index contributed by atoms with van der Waals surface area (Å²) in [6.07, 6.45) is 6.65. The van der Waals surface area contributed by atoms with Crippen molar-refractivity contribution in [3.8, 4) is 0 Å². The highest BCUT2D eigenvalue weighted by Crippen LogP contribution is 2.37. The summed E-state index contributed by atoms with van der Waals surface area (Å²) in [5.74, 6) is -8.48. The molecular weight excluding hydrogens is 791 g/mol. The molecule has 1 saturated carbocycles. The first-order valence-electron chi connectivity index (χ1n) is 24.1. The number of hydrogen-bond donors (Lipinski definition) is 2. The molecular formula is C43H46F2N10O6. The van der Waals surface area contributed by atoms with E-state index in [1.807, 2.05) is 10.2 Å². The lowest BCUT2D eigenvalue weighted by atomic mass is 9.95. The van der Waals surface area contributed by atoms with Crippen LogP contribution in [-0.2, 0) is 9.59 Å². The van der Waals surface area contributed by atoms with Crippen molar-refractivity contribution in [3.63, 3.8) is 0 Å². The standard InChI is InChI=1S/C43H46F2N10O6/c1-23-28-21-47-43(50-38(28)54(26-5-3-4-6-26)40(59)34(23)24(2)56)48-32-9-7-27(20-46-32)52-13-11-25(12-14-52)22-51-15-17-53(18-16-51)31-19-29(44)35-36(37(31)45)42(61)55(41(35)60)30-8-10-33(57)49-39(30)58/h7,9,19-21,25-26,30H,3-6,8,10-18,22H2,1-2H3,(H,49,57,58)(H,46,47,48,50)/i15D2,16D2,17D2,18D2. The van der Waals surface area contributed by atoms with Crippen LogP contribution in [0.25, 0.3) is 11.0 Å². The zero-order valence-electron chi connectivity index (χ0n) is 41.2. The van der Waals surface area contributed by atoms with Crippen molar-refractivity contribution in [1.82, 2.24) is 34.6 Å². The Hall–Kier alpha value is -6.17. The Bertz CT molecular complexity index is 2900. The van der Waals surface area contributed by atoms with Crippen LogP contribution < -0.4 is 26.0 Å². The molecule has 5 aliphatic rings. The molecule has 4 amide bonds. The van der Waals surface area contributed by atoms with E-state index in [4.69, 9.17) is 16.0 Å². The number of aromatic nitrogens is 4. The molecule has 4 aliphatic heterocycles. The molecule has 61 heavy (non-hydrogen) atoms. The fourth-order valence-electron chi connectivity index (χ4n) is 8.92. The third-order valence-corrected chi connectivity index (χ3v) is 12.1. The minimum absolute atomic E-state index is 0.101. The van der Waals surface area contributed by atoms with E-state index in [0.717, 1.165) is 25.7 Å². The molecule has 9 rings (SSSR count). The molecule has 3 aromatic heterocycles. The Kier molecular flexibility index (Phi) is 8.32. The summed E-state index contributed by atoms with van der Waals surface area (Å²) in [5, 5.41) is 5.62. The Balaban J connectivity index is 0.901. The summed E-state index contributed by atoms with van der Waals surface area (Å²) in [6.45, 7) is -10.9. The lowest BCUT2D eigenvalue weighted by molar-refractivity contribution is -0.136. The van der Waals surface area contributed by atoms with Crippen LogP contribution in [0.4, 0.5) is 31.9 Å². The van der Waals surface area contributed by atoms with Crippen LogP contribution >= 0.6 is 0 Å². The number of anilines is 4. The summed E-state index contributed by atoms with van der Waals surface area (Å²) in [5.41, 5.74) is -2.41. The van der Waals surface area contributed by atoms with Crippen LogP contribution in [-0.4, -0.2) is 110 Å². The third-order valence-electron chi connectivity index (χ3n) is 12.1. The number of rotatable bonds is 9. The Labute approximate surface area is 360 Å². The Morgan fingerprint density at radius 3 is 2.31 bits per heavy atom. The second-order valence-electron chi connectivity index (χ2n) is 15.8. The van der Waals surface area contributed by atoms with E-state index in [-0.39, 0.29) is 57.6 Å². The maximum atomic E-state index is 16.6. The number of amides is 4. The van der Waals surface area contributed by atoms with Gasteiger partial charge in [0.15, 0.2) is 11.6 Å². The Morgan fingerprint density at radius 2 is 1.64 bits per heavy atom. The highest BCUT2D eigenvalue weighted by atomic mass is 19.1. The van der Waals surface area contributed by atoms with Gasteiger partial charge in [0.1, 0.15) is 23.3 Å². The van der Waals surface area contributed by atoms with Crippen LogP contribution in [0.15, 0.2) is 35.4 Å². The highest BCUT2D eigenvalue weighted by molar-refractivity contribution is 6.24. The number of carbonyl (C=O) groups excluding carboxylic acids is 5. The largest absolute Gasteiger partial charge is 0.370 e. The molecule has 4 fully saturated rings. The number of benzene rings is 1. The second kappa shape index (κ2) is 16.0. The molecule has 3 saturated heterocycles. The number of imide groups is 2. The first kappa shape index (κ1) is 31.7. The number of carbonyl (C=O) groups is 5. The lowest BCUT2D eigenvalue weighted by Crippen LogP contribution is -2.54. The SMILES string of the molecule is [2H]C1([2H])N(CC2CCN(c3ccc(Nc4ncc5c(C)c(C(C)=O)c(=O)n(C6CCCC6)c5n4)nc3)CC2)C([2H])([2H])C([2H])([2H])N(c2cc(F)c3c(c2F)C(=O)N(C2CCC(=O)NC2=O)C3=O)C1([2H])[2H]. The van der Waals surface area contributed by atoms with Gasteiger partial charge >= 0.3 is 0 Å². The first-order chi connectivity index (χ1) is 32.4. The van der Waals surface area contributed by atoms with E-state index in [1.165, 1.54) is 6.92 Å². The number of pyridine rings is 2. The molecule has 7 heterocycles. The number of piperidine rings is 2. The van der Waals surface area contributed by atoms with Crippen molar-refractivity contribution in [3.05, 3.63) is 74.8 Å². The van der Waals surface area contributed by atoms with E-state index < -0.39 is 96.6 Å². The molecule has 2 N–H and O–H groups in total. The first-order valence-corrected chi connectivity index (χ1v) is 20.1. The zero-order chi connectivity index (χ0) is 49.9. The Morgan fingerprint density at radius 1 is 0.918 bits per heavy atom. The van der Waals surface area contributed by atoms with Gasteiger partial charge in [0.25, 0.3) is 17.4 Å². The second-order valence-corrected chi connectivity index (χ2v) is 15.8. The van der Waals surface area contributed by atoms with Crippen molar-refractivity contribution in [1.29, 1.82) is 0 Å². The number of hydrogen-bond acceptors (Lipinski definition) is 13. The quantitative estimate of drug-likeness (QED) is 0.180. The van der Waals surface area contributed by atoms with Gasteiger partial charge in [-0.05, 0) is 69.6 Å². The normalized spacial score (nSPS) is 25.8. The van der Waals surface area contributed by atoms with Gasteiger partial charge in [-0.3, -0.25) is 48.5 Å². The smallest absolute Gasteiger partial charge is 0.265 e. The van der Waals surface area contributed by atoms with Crippen molar-refractivity contribution in [2.24, 2.45) is 5.92 Å². The van der Waals surface area contributed by atoms with Crippen LogP contribution in [0.3, 0.4) is 0 Å². The molecule has 1 unspecified atom stereocenters. The monoisotopic (exact) mass is 844 g/mol. The summed E-state index contributed by atoms with van der Waals surface area (Å²) in [7, 11) is 0. The minimum atomic E-state index is -3.66. The number of fused-ring (bicyclic) bond motifs is 2. The van der Waals surface area contributed by atoms with E-state index in [9.17, 15) is 28.8 Å². The summed E-state index contributed by atoms with van der Waals surface area (Å²) < 4.78 is 106. The van der Waals surface area contributed by atoms with Crippen molar-refractivity contribution in [2.45, 2.75) is 77.3 Å². The zero-order valence-corrected chi connectivity index (χ0v) is 33.2. The molecule has 0 spiro atoms. The maximum absolute atomic E-state index is 16.6. The third kappa shape index (κ3) is 7.29. The number of Topliss-reactive ketones (excluding diaryl/α,β-unsaturated/α-hetero) is 1. The van der Waals surface area contributed by atoms with Gasteiger partial charge in [0, 0.05) is 81.2 Å². The number of nitrogens with one attached hydrogen (secondary N) is 2. The van der Waals surface area contributed by atoms with Crippen LogP contribution in [0.1, 0.15) is 112 Å². The van der Waals surface area contributed by atoms with Gasteiger partial charge in [0.05, 0.1) is 39.7 Å². The number of piperazine rings is 1. The van der Waals surface area contributed by atoms with Crippen molar-refractivity contribution in [2.75, 3.05) is 60.7 Å². The highest BCUT2D eigenvalue weighted by Gasteiger charge is 2.48. The molecule has 4 aromatic rings. The molecule has 318 valence electrons. The lowest BCUT2D eigenvalue weighted by Gasteiger charge is -2.40. The van der Waals surface area contributed by atoms with Gasteiger partial charge in [-0.2, -0.15) is 4.98 Å². The number of nitrogens with zero attached hydrogens (tertiary/aromatic N) is 8. The molecule has 1 aliphatic carbocycles. The molecule has 1 atom stereocenters. The predicted molar refractivity (Wildman–Crippen MR) is 220 cm³/mol. The topological polar surface area (TPSA) is 183 Å². The van der Waals surface area contributed by atoms with Crippen molar-refractivity contribution < 1.29 is 43.7 Å². The van der Waals surface area contributed by atoms with Gasteiger partial charge in [-0.15, -0.1) is 0 Å². The molecule has 16 nitrogen and oxygen atoms in total. The number of halogens is 2. The fraction of sp³-hybridized carbons (Fsp3) is 0.465. The van der Waals surface area contributed by atoms with Crippen LogP contribution in [0, 0.1) is 24.5 Å². The van der Waals surface area contributed by atoms with Gasteiger partial charge in [-0.1, -0.05) is 12.8 Å². The summed E-state index contributed by atoms with van der Waals surface area (Å²) in [4.78, 5) is 93.4. The number of ketones is 1. The molecule has 0 bridgehead atoms. The predicted octanol–water partition coefficient (Wildman–Crippen LogP) is 4.27. The van der Waals surface area contributed by atoms with Crippen LogP contribution in [0.2, 0.25) is 0 Å². The van der Waals surface area contributed by atoms with Gasteiger partial charge in [0.2, 0.25) is 17.8 Å². The number of aryl methyl sites for hydroxylation is 1. The van der Waals surface area contributed by atoms with E-state index in [2.05, 4.69) is 15.3 Å². The fourth-order valence-corrected chi connectivity index (χ4v) is 8.92. The van der Waals surface area contributed by atoms with Crippen molar-refractivity contribution >= 4 is 63.6 Å². The molecule has 1 aromatic carbocycles. The van der Waals surface area contributed by atoms with E-state index >= 15 is 8.78 Å². The van der Waals surface area contributed by atoms with E-state index in [1.54, 1.807) is 36.0 Å². The molecule has 0 radical (unpaired) electrons.